The van der Waals surface area contributed by atoms with Crippen molar-refractivity contribution >= 4 is 17.8 Å². The summed E-state index contributed by atoms with van der Waals surface area (Å²) >= 11 is 0. The van der Waals surface area contributed by atoms with Gasteiger partial charge in [-0.2, -0.15) is 0 Å². The van der Waals surface area contributed by atoms with Crippen LogP contribution in [0.1, 0.15) is 12.8 Å². The second-order valence-electron chi connectivity index (χ2n) is 5.12. The monoisotopic (exact) mass is 334 g/mol. The standard InChI is InChI=1S/C13H26N4O6/c1-23-5-3-16-10(18)6-13(9-15,7-11(19)20)17(4-2-14)8-12(21)22/h2-9,14-15H2,1H3,(H,16,18)(H,19,20)(H,21,22). The van der Waals surface area contributed by atoms with Crippen molar-refractivity contribution in [1.82, 2.24) is 10.2 Å². The van der Waals surface area contributed by atoms with Gasteiger partial charge < -0.3 is 31.7 Å². The second-order valence-corrected chi connectivity index (χ2v) is 5.12. The molecule has 0 heterocycles. The van der Waals surface area contributed by atoms with Gasteiger partial charge in [0.15, 0.2) is 0 Å². The van der Waals surface area contributed by atoms with Gasteiger partial charge in [-0.1, -0.05) is 0 Å². The van der Waals surface area contributed by atoms with Crippen molar-refractivity contribution < 1.29 is 29.3 Å². The number of carboxylic acids is 2. The Hall–Kier alpha value is -1.75. The average molecular weight is 334 g/mol. The molecular formula is C13H26N4O6. The Morgan fingerprint density at radius 3 is 2.26 bits per heavy atom. The van der Waals surface area contributed by atoms with Crippen LogP contribution in [0.4, 0.5) is 0 Å². The Labute approximate surface area is 134 Å². The Morgan fingerprint density at radius 1 is 1.17 bits per heavy atom. The van der Waals surface area contributed by atoms with E-state index in [-0.39, 0.29) is 32.6 Å². The molecule has 0 aromatic rings. The molecule has 0 aliphatic rings. The fourth-order valence-electron chi connectivity index (χ4n) is 2.30. The zero-order valence-corrected chi connectivity index (χ0v) is 13.3. The topological polar surface area (TPSA) is 168 Å². The van der Waals surface area contributed by atoms with Gasteiger partial charge in [0.1, 0.15) is 0 Å². The molecule has 0 saturated carbocycles. The van der Waals surface area contributed by atoms with Crippen molar-refractivity contribution in [3.05, 3.63) is 0 Å². The number of carbonyl (C=O) groups is 3. The summed E-state index contributed by atoms with van der Waals surface area (Å²) in [5.74, 6) is -2.75. The third-order valence-electron chi connectivity index (χ3n) is 3.37. The maximum Gasteiger partial charge on any atom is 0.317 e. The highest BCUT2D eigenvalue weighted by Crippen LogP contribution is 2.23. The number of methoxy groups -OCH3 is 1. The summed E-state index contributed by atoms with van der Waals surface area (Å²) in [4.78, 5) is 35.6. The van der Waals surface area contributed by atoms with E-state index in [1.54, 1.807) is 0 Å². The minimum absolute atomic E-state index is 0.111. The van der Waals surface area contributed by atoms with Crippen molar-refractivity contribution in [2.45, 2.75) is 18.4 Å². The van der Waals surface area contributed by atoms with Crippen LogP contribution in [0.15, 0.2) is 0 Å². The maximum absolute atomic E-state index is 12.0. The van der Waals surface area contributed by atoms with Crippen LogP contribution in [0.3, 0.4) is 0 Å². The first-order chi connectivity index (χ1) is 10.8. The van der Waals surface area contributed by atoms with Crippen molar-refractivity contribution in [2.75, 3.05) is 46.4 Å². The molecule has 0 fully saturated rings. The van der Waals surface area contributed by atoms with Gasteiger partial charge in [0.05, 0.1) is 25.1 Å². The quantitative estimate of drug-likeness (QED) is 0.232. The molecule has 0 spiro atoms. The largest absolute Gasteiger partial charge is 0.481 e. The van der Waals surface area contributed by atoms with E-state index in [0.717, 1.165) is 0 Å². The highest BCUT2D eigenvalue weighted by molar-refractivity contribution is 5.79. The zero-order valence-electron chi connectivity index (χ0n) is 13.3. The minimum Gasteiger partial charge on any atom is -0.481 e. The Morgan fingerprint density at radius 2 is 1.83 bits per heavy atom. The smallest absolute Gasteiger partial charge is 0.317 e. The van der Waals surface area contributed by atoms with Gasteiger partial charge in [-0.15, -0.1) is 0 Å². The van der Waals surface area contributed by atoms with Crippen molar-refractivity contribution in [3.8, 4) is 0 Å². The lowest BCUT2D eigenvalue weighted by molar-refractivity contribution is -0.146. The molecule has 1 atom stereocenters. The van der Waals surface area contributed by atoms with E-state index < -0.39 is 36.4 Å². The normalized spacial score (nSPS) is 13.6. The summed E-state index contributed by atoms with van der Waals surface area (Å²) < 4.78 is 4.81. The van der Waals surface area contributed by atoms with E-state index >= 15 is 0 Å². The molecule has 134 valence electrons. The molecule has 0 rings (SSSR count). The third kappa shape index (κ3) is 7.88. The molecule has 10 heteroatoms. The highest BCUT2D eigenvalue weighted by atomic mass is 16.5. The van der Waals surface area contributed by atoms with Crippen molar-refractivity contribution in [3.63, 3.8) is 0 Å². The fraction of sp³-hybridized carbons (Fsp3) is 0.769. The first-order valence-corrected chi connectivity index (χ1v) is 7.15. The molecule has 0 bridgehead atoms. The average Bonchev–Trinajstić information content (AvgIpc) is 2.45. The van der Waals surface area contributed by atoms with Crippen LogP contribution < -0.4 is 16.8 Å². The molecule has 0 radical (unpaired) electrons. The van der Waals surface area contributed by atoms with E-state index in [4.69, 9.17) is 26.4 Å². The lowest BCUT2D eigenvalue weighted by atomic mass is 9.88. The van der Waals surface area contributed by atoms with Gasteiger partial charge in [0, 0.05) is 39.7 Å². The highest BCUT2D eigenvalue weighted by Gasteiger charge is 2.40. The summed E-state index contributed by atoms with van der Waals surface area (Å²) in [5, 5.41) is 20.7. The number of carbonyl (C=O) groups excluding carboxylic acids is 1. The summed E-state index contributed by atoms with van der Waals surface area (Å²) in [5.41, 5.74) is 9.88. The summed E-state index contributed by atoms with van der Waals surface area (Å²) in [6.45, 7) is 0.153. The molecule has 7 N–H and O–H groups in total. The Bertz CT molecular complexity index is 406. The molecule has 10 nitrogen and oxygen atoms in total. The van der Waals surface area contributed by atoms with Gasteiger partial charge >= 0.3 is 11.9 Å². The van der Waals surface area contributed by atoms with Gasteiger partial charge in [-0.05, 0) is 0 Å². The summed E-state index contributed by atoms with van der Waals surface area (Å²) in [6.07, 6.45) is -0.707. The van der Waals surface area contributed by atoms with Crippen LogP contribution >= 0.6 is 0 Å². The molecule has 0 aromatic carbocycles. The fourth-order valence-corrected chi connectivity index (χ4v) is 2.30. The molecule has 23 heavy (non-hydrogen) atoms. The summed E-state index contributed by atoms with van der Waals surface area (Å²) in [7, 11) is 1.48. The van der Waals surface area contributed by atoms with Gasteiger partial charge in [-0.3, -0.25) is 19.3 Å². The molecule has 0 aliphatic carbocycles. The SMILES string of the molecule is COCCNC(=O)CC(CN)(CC(=O)O)N(CCN)CC(=O)O. The summed E-state index contributed by atoms with van der Waals surface area (Å²) in [6, 6.07) is 0. The van der Waals surface area contributed by atoms with Crippen LogP contribution in [0, 0.1) is 0 Å². The predicted octanol–water partition coefficient (Wildman–Crippen LogP) is -2.34. The first-order valence-electron chi connectivity index (χ1n) is 7.15. The van der Waals surface area contributed by atoms with E-state index in [9.17, 15) is 14.4 Å². The number of hydrogen-bond acceptors (Lipinski definition) is 7. The number of nitrogens with two attached hydrogens (primary N) is 2. The Balaban J connectivity index is 5.28. The van der Waals surface area contributed by atoms with Crippen LogP contribution in [0.25, 0.3) is 0 Å². The van der Waals surface area contributed by atoms with Gasteiger partial charge in [-0.25, -0.2) is 0 Å². The number of carboxylic acid groups (broad SMARTS) is 2. The van der Waals surface area contributed by atoms with Gasteiger partial charge in [0.25, 0.3) is 0 Å². The zero-order chi connectivity index (χ0) is 17.9. The number of nitrogens with one attached hydrogen (secondary N) is 1. The van der Waals surface area contributed by atoms with Crippen LogP contribution in [-0.2, 0) is 19.1 Å². The lowest BCUT2D eigenvalue weighted by Crippen LogP contribution is -2.59. The molecule has 1 unspecified atom stereocenters. The second kappa shape index (κ2) is 10.9. The molecule has 0 aromatic heterocycles. The van der Waals surface area contributed by atoms with E-state index in [1.807, 2.05) is 0 Å². The molecular weight excluding hydrogens is 308 g/mol. The maximum atomic E-state index is 12.0. The number of nitrogens with zero attached hydrogens (tertiary/aromatic N) is 1. The molecule has 0 saturated heterocycles. The number of amides is 1. The number of rotatable bonds is 13. The van der Waals surface area contributed by atoms with Crippen LogP contribution in [0.5, 0.6) is 0 Å². The van der Waals surface area contributed by atoms with E-state index in [0.29, 0.717) is 6.61 Å². The lowest BCUT2D eigenvalue weighted by Gasteiger charge is -2.41. The first kappa shape index (κ1) is 21.2. The van der Waals surface area contributed by atoms with Crippen LogP contribution in [0.2, 0.25) is 0 Å². The van der Waals surface area contributed by atoms with Crippen LogP contribution in [-0.4, -0.2) is 84.9 Å². The number of hydrogen-bond donors (Lipinski definition) is 5. The number of aliphatic carboxylic acids is 2. The Kier molecular flexibility index (Phi) is 10.1. The van der Waals surface area contributed by atoms with E-state index in [1.165, 1.54) is 12.0 Å². The predicted molar refractivity (Wildman–Crippen MR) is 81.8 cm³/mol. The van der Waals surface area contributed by atoms with Crippen molar-refractivity contribution in [1.29, 1.82) is 0 Å². The minimum atomic E-state index is -1.32. The van der Waals surface area contributed by atoms with Gasteiger partial charge in [0.2, 0.25) is 5.91 Å². The molecule has 1 amide bonds. The third-order valence-corrected chi connectivity index (χ3v) is 3.37. The van der Waals surface area contributed by atoms with Crippen molar-refractivity contribution in [2.24, 2.45) is 11.5 Å². The number of ether oxygens (including phenoxy) is 1. The van der Waals surface area contributed by atoms with E-state index in [2.05, 4.69) is 5.32 Å². The molecule has 0 aliphatic heterocycles.